The number of imide groups is 1. The van der Waals surface area contributed by atoms with Crippen LogP contribution in [0.1, 0.15) is 26.3 Å². The molecule has 0 aromatic heterocycles. The van der Waals surface area contributed by atoms with E-state index in [2.05, 4.69) is 0 Å². The van der Waals surface area contributed by atoms with E-state index in [1.54, 1.807) is 12.1 Å². The van der Waals surface area contributed by atoms with E-state index in [4.69, 9.17) is 9.47 Å². The van der Waals surface area contributed by atoms with Crippen molar-refractivity contribution in [1.82, 2.24) is 4.90 Å². The van der Waals surface area contributed by atoms with Crippen LogP contribution >= 0.6 is 0 Å². The molecule has 2 amide bonds. The second kappa shape index (κ2) is 8.02. The van der Waals surface area contributed by atoms with E-state index >= 15 is 0 Å². The van der Waals surface area contributed by atoms with Gasteiger partial charge in [-0.05, 0) is 17.7 Å². The first kappa shape index (κ1) is 19.7. The van der Waals surface area contributed by atoms with Gasteiger partial charge >= 0.3 is 0 Å². The highest BCUT2D eigenvalue weighted by Gasteiger charge is 2.53. The van der Waals surface area contributed by atoms with E-state index in [1.165, 1.54) is 12.1 Å². The number of aliphatic hydroxyl groups excluding tert-OH is 3. The SMILES string of the molecule is O=C1c2ccccc2C(=O)N1[C@H]1[C@@H](OCc2ccccc2)[C@H](O)[C@@H](CO)O[C@@H]1O. The Bertz CT molecular complexity index is 868. The minimum Gasteiger partial charge on any atom is -0.394 e. The molecule has 5 atom stereocenters. The number of benzene rings is 2. The van der Waals surface area contributed by atoms with Crippen molar-refractivity contribution in [2.75, 3.05) is 6.61 Å². The molecule has 0 bridgehead atoms. The molecule has 2 aromatic rings. The van der Waals surface area contributed by atoms with E-state index in [0.717, 1.165) is 10.5 Å². The van der Waals surface area contributed by atoms with Crippen LogP contribution in [0.25, 0.3) is 0 Å². The zero-order valence-electron chi connectivity index (χ0n) is 15.4. The number of nitrogens with zero attached hydrogens (tertiary/aromatic N) is 1. The summed E-state index contributed by atoms with van der Waals surface area (Å²) in [6.07, 6.45) is -5.25. The van der Waals surface area contributed by atoms with Crippen LogP contribution in [0.15, 0.2) is 54.6 Å². The summed E-state index contributed by atoms with van der Waals surface area (Å²) in [4.78, 5) is 26.6. The van der Waals surface area contributed by atoms with Gasteiger partial charge in [0.2, 0.25) is 0 Å². The highest BCUT2D eigenvalue weighted by molar-refractivity contribution is 6.21. The van der Waals surface area contributed by atoms with Crippen LogP contribution in [0, 0.1) is 0 Å². The molecular formula is C21H21NO7. The van der Waals surface area contributed by atoms with Crippen LogP contribution in [-0.4, -0.2) is 69.3 Å². The van der Waals surface area contributed by atoms with Crippen molar-refractivity contribution < 1.29 is 34.4 Å². The summed E-state index contributed by atoms with van der Waals surface area (Å²) in [6, 6.07) is 14.2. The number of rotatable bonds is 5. The number of carbonyl (C=O) groups excluding carboxylic acids is 2. The maximum Gasteiger partial charge on any atom is 0.262 e. The van der Waals surface area contributed by atoms with E-state index in [9.17, 15) is 24.9 Å². The summed E-state index contributed by atoms with van der Waals surface area (Å²) in [5.41, 5.74) is 1.23. The van der Waals surface area contributed by atoms with E-state index < -0.39 is 49.1 Å². The van der Waals surface area contributed by atoms with Gasteiger partial charge in [0.05, 0.1) is 24.3 Å². The molecule has 29 heavy (non-hydrogen) atoms. The zero-order valence-corrected chi connectivity index (χ0v) is 15.4. The average Bonchev–Trinajstić information content (AvgIpc) is 2.99. The molecule has 152 valence electrons. The Morgan fingerprint density at radius 3 is 2.10 bits per heavy atom. The molecule has 2 aliphatic heterocycles. The summed E-state index contributed by atoms with van der Waals surface area (Å²) in [5, 5.41) is 30.7. The summed E-state index contributed by atoms with van der Waals surface area (Å²) < 4.78 is 11.1. The van der Waals surface area contributed by atoms with Crippen LogP contribution in [0.2, 0.25) is 0 Å². The number of fused-ring (bicyclic) bond motifs is 1. The first-order valence-electron chi connectivity index (χ1n) is 9.28. The molecule has 0 spiro atoms. The van der Waals surface area contributed by atoms with E-state index in [0.29, 0.717) is 0 Å². The Morgan fingerprint density at radius 1 is 0.931 bits per heavy atom. The van der Waals surface area contributed by atoms with E-state index in [-0.39, 0.29) is 17.7 Å². The predicted molar refractivity (Wildman–Crippen MR) is 99.7 cm³/mol. The summed E-state index contributed by atoms with van der Waals surface area (Å²) in [6.45, 7) is -0.481. The highest BCUT2D eigenvalue weighted by atomic mass is 16.6. The third kappa shape index (κ3) is 3.45. The van der Waals surface area contributed by atoms with Crippen LogP contribution in [0.4, 0.5) is 0 Å². The lowest BCUT2D eigenvalue weighted by molar-refractivity contribution is -0.273. The maximum absolute atomic E-state index is 12.9. The van der Waals surface area contributed by atoms with Gasteiger partial charge in [-0.3, -0.25) is 14.5 Å². The normalized spacial score (nSPS) is 29.2. The minimum atomic E-state index is -1.63. The van der Waals surface area contributed by atoms with Gasteiger partial charge in [-0.15, -0.1) is 0 Å². The lowest BCUT2D eigenvalue weighted by Gasteiger charge is -2.45. The van der Waals surface area contributed by atoms with Gasteiger partial charge in [-0.25, -0.2) is 0 Å². The molecule has 2 aromatic carbocycles. The topological polar surface area (TPSA) is 117 Å². The van der Waals surface area contributed by atoms with Crippen molar-refractivity contribution in [3.8, 4) is 0 Å². The smallest absolute Gasteiger partial charge is 0.262 e. The molecule has 3 N–H and O–H groups in total. The van der Waals surface area contributed by atoms with E-state index in [1.807, 2.05) is 30.3 Å². The molecule has 0 aliphatic carbocycles. The predicted octanol–water partition coefficient (Wildman–Crippen LogP) is 0.307. The van der Waals surface area contributed by atoms with Crippen molar-refractivity contribution >= 4 is 11.8 Å². The largest absolute Gasteiger partial charge is 0.394 e. The highest BCUT2D eigenvalue weighted by Crippen LogP contribution is 2.33. The van der Waals surface area contributed by atoms with Gasteiger partial charge in [0, 0.05) is 0 Å². The third-order valence-electron chi connectivity index (χ3n) is 5.25. The van der Waals surface area contributed by atoms with Crippen molar-refractivity contribution in [2.45, 2.75) is 37.3 Å². The zero-order chi connectivity index (χ0) is 20.5. The molecule has 1 fully saturated rings. The molecule has 2 aliphatic rings. The minimum absolute atomic E-state index is 0.0765. The van der Waals surface area contributed by atoms with Crippen molar-refractivity contribution in [3.63, 3.8) is 0 Å². The molecule has 2 heterocycles. The first-order chi connectivity index (χ1) is 14.0. The lowest BCUT2D eigenvalue weighted by Crippen LogP contribution is -2.65. The van der Waals surface area contributed by atoms with Crippen LogP contribution in [0.3, 0.4) is 0 Å². The summed E-state index contributed by atoms with van der Waals surface area (Å²) in [5.74, 6) is -1.19. The molecule has 0 radical (unpaired) electrons. The second-order valence-electron chi connectivity index (χ2n) is 7.02. The molecule has 8 heteroatoms. The van der Waals surface area contributed by atoms with Gasteiger partial charge in [-0.1, -0.05) is 42.5 Å². The third-order valence-corrected chi connectivity index (χ3v) is 5.25. The number of ether oxygens (including phenoxy) is 2. The number of amides is 2. The fraction of sp³-hybridized carbons (Fsp3) is 0.333. The Labute approximate surface area is 166 Å². The lowest BCUT2D eigenvalue weighted by atomic mass is 9.95. The van der Waals surface area contributed by atoms with Gasteiger partial charge in [0.15, 0.2) is 6.29 Å². The second-order valence-corrected chi connectivity index (χ2v) is 7.02. The molecule has 8 nitrogen and oxygen atoms in total. The number of aliphatic hydroxyl groups is 3. The summed E-state index contributed by atoms with van der Waals surface area (Å²) in [7, 11) is 0. The number of hydrogen-bond donors (Lipinski definition) is 3. The standard InChI is InChI=1S/C21H21NO7/c23-10-15-17(24)18(28-11-12-6-2-1-3-7-12)16(21(27)29-15)22-19(25)13-8-4-5-9-14(13)20(22)26/h1-9,15-18,21,23-24,27H,10-11H2/t15-,16+,17-,18-,21+/m1/s1. The van der Waals surface area contributed by atoms with Crippen LogP contribution in [-0.2, 0) is 16.1 Å². The molecule has 0 unspecified atom stereocenters. The van der Waals surface area contributed by atoms with Gasteiger partial charge in [0.25, 0.3) is 11.8 Å². The Balaban J connectivity index is 1.65. The quantitative estimate of drug-likeness (QED) is 0.620. The first-order valence-corrected chi connectivity index (χ1v) is 9.28. The summed E-state index contributed by atoms with van der Waals surface area (Å²) >= 11 is 0. The monoisotopic (exact) mass is 399 g/mol. The van der Waals surface area contributed by atoms with Crippen molar-refractivity contribution in [2.24, 2.45) is 0 Å². The number of hydrogen-bond acceptors (Lipinski definition) is 7. The van der Waals surface area contributed by atoms with Gasteiger partial charge in [0.1, 0.15) is 24.4 Å². The molecule has 1 saturated heterocycles. The van der Waals surface area contributed by atoms with Crippen LogP contribution in [0.5, 0.6) is 0 Å². The Morgan fingerprint density at radius 2 is 1.52 bits per heavy atom. The maximum atomic E-state index is 12.9. The Kier molecular flexibility index (Phi) is 5.44. The number of carbonyl (C=O) groups is 2. The fourth-order valence-electron chi connectivity index (χ4n) is 3.78. The van der Waals surface area contributed by atoms with Gasteiger partial charge < -0.3 is 24.8 Å². The molecule has 4 rings (SSSR count). The fourth-order valence-corrected chi connectivity index (χ4v) is 3.78. The van der Waals surface area contributed by atoms with Crippen molar-refractivity contribution in [1.29, 1.82) is 0 Å². The Hall–Kier alpha value is -2.62. The van der Waals surface area contributed by atoms with Gasteiger partial charge in [-0.2, -0.15) is 0 Å². The van der Waals surface area contributed by atoms with Crippen LogP contribution < -0.4 is 0 Å². The average molecular weight is 399 g/mol. The van der Waals surface area contributed by atoms with Crippen molar-refractivity contribution in [3.05, 3.63) is 71.3 Å². The molecule has 0 saturated carbocycles. The molecular weight excluding hydrogens is 378 g/mol.